The van der Waals surface area contributed by atoms with Crippen molar-refractivity contribution in [2.24, 2.45) is 5.73 Å². The summed E-state index contributed by atoms with van der Waals surface area (Å²) in [5.74, 6) is -0.621. The monoisotopic (exact) mass is 1320 g/mol. The van der Waals surface area contributed by atoms with Gasteiger partial charge in [-0.15, -0.1) is 13.1 Å². The zero-order valence-electron chi connectivity index (χ0n) is 57.5. The number of carbonyl (C=O) groups excluding carboxylic acids is 3. The molecule has 0 atom stereocenters. The van der Waals surface area contributed by atoms with Gasteiger partial charge in [-0.3, -0.25) is 14.4 Å². The van der Waals surface area contributed by atoms with Gasteiger partial charge in [0.1, 0.15) is 13.3 Å². The first-order chi connectivity index (χ1) is 38.2. The van der Waals surface area contributed by atoms with Crippen molar-refractivity contribution in [3.8, 4) is 0 Å². The number of carbonyl (C=O) groups is 3. The molecule has 490 valence electrons. The summed E-state index contributed by atoms with van der Waals surface area (Å²) >= 11 is 0. The molecule has 11 nitrogen and oxygen atoms in total. The number of hydrogen-bond acceptors (Lipinski definition) is 6. The molecule has 0 radical (unpaired) electrons. The van der Waals surface area contributed by atoms with Crippen LogP contribution in [0.15, 0.2) is 0 Å². The summed E-state index contributed by atoms with van der Waals surface area (Å²) in [5.41, 5.74) is 4.98. The Morgan fingerprint density at radius 3 is 1.02 bits per heavy atom. The smallest absolute Gasteiger partial charge is 0.277 e. The SMILES string of the molecule is CC.CCCCCCCC.CCCCCCCCCC.CCCCCCCCCCCC.CCCCCCCCCCCC[N-]CCC.CCCCCO.CCCN(CC(N)=O)C(=O)CC.COCC[N+](C)(C)CC(=O)NCO.[W]. The van der Waals surface area contributed by atoms with Gasteiger partial charge < -0.3 is 40.7 Å². The molecule has 0 saturated carbocycles. The average Bonchev–Trinajstić information content (AvgIpc) is 3.44. The van der Waals surface area contributed by atoms with Gasteiger partial charge in [-0.25, -0.2) is 0 Å². The largest absolute Gasteiger partial charge is 0.662 e. The van der Waals surface area contributed by atoms with Gasteiger partial charge in [0.25, 0.3) is 5.91 Å². The number of rotatable bonds is 48. The van der Waals surface area contributed by atoms with Crippen molar-refractivity contribution in [2.45, 2.75) is 347 Å². The first kappa shape index (κ1) is 98.0. The van der Waals surface area contributed by atoms with Gasteiger partial charge in [-0.1, -0.05) is 328 Å². The Morgan fingerprint density at radius 2 is 0.787 bits per heavy atom. The maximum absolute atomic E-state index is 11.2. The van der Waals surface area contributed by atoms with Crippen molar-refractivity contribution in [1.29, 1.82) is 0 Å². The maximum Gasteiger partial charge on any atom is 0.277 e. The summed E-state index contributed by atoms with van der Waals surface area (Å²) in [4.78, 5) is 34.3. The van der Waals surface area contributed by atoms with Crippen molar-refractivity contribution in [1.82, 2.24) is 10.2 Å². The summed E-state index contributed by atoms with van der Waals surface area (Å²) in [6.07, 6.45) is 54.4. The molecule has 0 aliphatic rings. The number of amides is 3. The molecule has 0 bridgehead atoms. The molecule has 0 spiro atoms. The predicted octanol–water partition coefficient (Wildman–Crippen LogP) is 19.2. The number of nitrogens with one attached hydrogen (secondary N) is 1. The maximum atomic E-state index is 11.2. The van der Waals surface area contributed by atoms with E-state index in [1.165, 1.54) is 236 Å². The third-order valence-corrected chi connectivity index (χ3v) is 12.9. The van der Waals surface area contributed by atoms with Crippen LogP contribution in [0.4, 0.5) is 0 Å². The molecular formula is C68H151N5O6W. The zero-order valence-corrected chi connectivity index (χ0v) is 60.4. The minimum absolute atomic E-state index is 0. The van der Waals surface area contributed by atoms with Crippen molar-refractivity contribution < 1.29 is 54.9 Å². The molecule has 0 aliphatic heterocycles. The Labute approximate surface area is 518 Å². The minimum atomic E-state index is -0.453. The summed E-state index contributed by atoms with van der Waals surface area (Å²) in [5, 5.41) is 23.4. The van der Waals surface area contributed by atoms with Crippen LogP contribution < -0.4 is 11.1 Å². The van der Waals surface area contributed by atoms with Crippen molar-refractivity contribution in [3.05, 3.63) is 5.32 Å². The van der Waals surface area contributed by atoms with E-state index in [2.05, 4.69) is 72.9 Å². The number of unbranched alkanes of at least 4 members (excludes halogenated alkanes) is 32. The second-order valence-electron chi connectivity index (χ2n) is 21.9. The first-order valence-electron chi connectivity index (χ1n) is 34.2. The summed E-state index contributed by atoms with van der Waals surface area (Å²) in [6, 6.07) is 0. The van der Waals surface area contributed by atoms with E-state index in [1.54, 1.807) is 14.0 Å². The van der Waals surface area contributed by atoms with Gasteiger partial charge in [0.15, 0.2) is 6.54 Å². The molecule has 12 heteroatoms. The number of ether oxygens (including phenoxy) is 1. The molecule has 0 saturated heterocycles. The molecule has 0 heterocycles. The second kappa shape index (κ2) is 97.0. The van der Waals surface area contributed by atoms with E-state index >= 15 is 0 Å². The van der Waals surface area contributed by atoms with Crippen LogP contribution in [0.2, 0.25) is 0 Å². The molecule has 0 aromatic rings. The average molecular weight is 1320 g/mol. The molecule has 3 amide bonds. The van der Waals surface area contributed by atoms with Crippen LogP contribution in [0, 0.1) is 0 Å². The van der Waals surface area contributed by atoms with E-state index < -0.39 is 5.91 Å². The second-order valence-corrected chi connectivity index (χ2v) is 21.9. The summed E-state index contributed by atoms with van der Waals surface area (Å²) < 4.78 is 5.48. The van der Waals surface area contributed by atoms with E-state index in [0.29, 0.717) is 37.2 Å². The number of quaternary nitrogens is 1. The van der Waals surface area contributed by atoms with E-state index in [0.717, 1.165) is 38.9 Å². The molecular weight excluding hydrogens is 1170 g/mol. The number of hydrogen-bond donors (Lipinski definition) is 4. The Kier molecular flexibility index (Phi) is 119. The standard InChI is InChI=1S/C15H32N.C12H26.C10H22.C8H18N2O3.C8H16N2O2.C8H18.C5H12O.C2H6.W/c1-3-5-6-7-8-9-10-11-12-13-15-16-14-4-2;1-3-5-7-9-11-12-10-8-6-4-2;1-3-5-7-9-10-8-6-4-2;1-10(2,4-5-13-3)6-8(12)9-7-11;1-3-5-10(6-7(9)11)8(12)4-2;1-3-5-7-8-6-4-2;1-2-3-4-5-6;1-2;/h3-15H2,1-2H3;3-12H2,1-2H3;3-10H2,1-2H3;11H,4-7H2,1-3H3;3-6H2,1-2H3,(H2,9,11);3-8H2,1-2H3;6H,2-5H2,1H3;1-2H3;/q-1;;;;;;;;/p+1. The Balaban J connectivity index is -0.000000106. The number of aliphatic hydroxyl groups is 2. The van der Waals surface area contributed by atoms with Gasteiger partial charge in [-0.05, 0) is 12.8 Å². The molecule has 80 heavy (non-hydrogen) atoms. The summed E-state index contributed by atoms with van der Waals surface area (Å²) in [7, 11) is 5.51. The van der Waals surface area contributed by atoms with Crippen molar-refractivity contribution >= 4 is 17.7 Å². The van der Waals surface area contributed by atoms with Gasteiger partial charge in [-0.2, -0.15) is 0 Å². The fourth-order valence-electron chi connectivity index (χ4n) is 7.89. The normalized spacial score (nSPS) is 10.0. The quantitative estimate of drug-likeness (QED) is 0.0270. The Hall–Kier alpha value is -1.10. The number of nitrogens with two attached hydrogens (primary N) is 1. The fraction of sp³-hybridized carbons (Fsp3) is 0.956. The molecule has 0 aromatic carbocycles. The van der Waals surface area contributed by atoms with Crippen LogP contribution >= 0.6 is 0 Å². The first-order valence-corrected chi connectivity index (χ1v) is 34.2. The third-order valence-electron chi connectivity index (χ3n) is 12.9. The Morgan fingerprint density at radius 1 is 0.475 bits per heavy atom. The molecule has 0 aromatic heterocycles. The number of primary amides is 1. The molecule has 5 N–H and O–H groups in total. The minimum Gasteiger partial charge on any atom is -0.662 e. The molecule has 0 rings (SSSR count). The number of aliphatic hydroxyl groups excluding tert-OH is 2. The third kappa shape index (κ3) is 116. The van der Waals surface area contributed by atoms with Crippen LogP contribution in [-0.4, -0.2) is 118 Å². The molecule has 0 unspecified atom stereocenters. The molecule has 0 aliphatic carbocycles. The number of nitrogens with zero attached hydrogens (tertiary/aromatic N) is 3. The number of methoxy groups -OCH3 is 1. The molecule has 0 fully saturated rings. The van der Waals surface area contributed by atoms with E-state index in [9.17, 15) is 14.4 Å². The van der Waals surface area contributed by atoms with Crippen LogP contribution in [0.25, 0.3) is 5.32 Å². The van der Waals surface area contributed by atoms with E-state index in [1.807, 2.05) is 34.9 Å². The van der Waals surface area contributed by atoms with Crippen molar-refractivity contribution in [2.75, 3.05) is 80.4 Å². The summed E-state index contributed by atoms with van der Waals surface area (Å²) in [6.45, 7) is 32.6. The Bertz CT molecular complexity index is 1000. The van der Waals surface area contributed by atoms with Crippen LogP contribution in [0.5, 0.6) is 0 Å². The van der Waals surface area contributed by atoms with E-state index in [-0.39, 0.29) is 46.2 Å². The zero-order chi connectivity index (χ0) is 61.6. The topological polar surface area (TPSA) is 156 Å². The van der Waals surface area contributed by atoms with Crippen LogP contribution in [0.1, 0.15) is 347 Å². The van der Waals surface area contributed by atoms with Crippen molar-refractivity contribution in [3.63, 3.8) is 0 Å². The van der Waals surface area contributed by atoms with Gasteiger partial charge in [0.2, 0.25) is 11.8 Å². The fourth-order valence-corrected chi connectivity index (χ4v) is 7.89. The van der Waals surface area contributed by atoms with Gasteiger partial charge in [0, 0.05) is 47.7 Å². The van der Waals surface area contributed by atoms with Crippen LogP contribution in [0.3, 0.4) is 0 Å². The van der Waals surface area contributed by atoms with Crippen LogP contribution in [-0.2, 0) is 40.2 Å². The van der Waals surface area contributed by atoms with E-state index in [4.69, 9.17) is 20.7 Å². The van der Waals surface area contributed by atoms with Gasteiger partial charge >= 0.3 is 0 Å². The number of likely N-dealkylation sites (N-methyl/N-ethyl adjacent to an activating group) is 1. The van der Waals surface area contributed by atoms with Gasteiger partial charge in [0.05, 0.1) is 27.2 Å². The predicted molar refractivity (Wildman–Crippen MR) is 353 cm³/mol.